The van der Waals surface area contributed by atoms with E-state index in [0.717, 1.165) is 5.57 Å². The first kappa shape index (κ1) is 12.0. The third-order valence-electron chi connectivity index (χ3n) is 3.36. The van der Waals surface area contributed by atoms with Crippen LogP contribution in [0.25, 0.3) is 0 Å². The molecule has 0 radical (unpaired) electrons. The van der Waals surface area contributed by atoms with Crippen LogP contribution in [-0.2, 0) is 5.41 Å². The summed E-state index contributed by atoms with van der Waals surface area (Å²) < 4.78 is 0. The Labute approximate surface area is 93.0 Å². The number of aryl methyl sites for hydroxylation is 2. The lowest BCUT2D eigenvalue weighted by Gasteiger charge is -2.28. The van der Waals surface area contributed by atoms with Crippen molar-refractivity contribution >= 4 is 0 Å². The van der Waals surface area contributed by atoms with Crippen molar-refractivity contribution in [2.45, 2.75) is 33.1 Å². The zero-order valence-electron chi connectivity index (χ0n) is 10.2. The van der Waals surface area contributed by atoms with Crippen molar-refractivity contribution in [3.05, 3.63) is 47.0 Å². The highest BCUT2D eigenvalue weighted by Crippen LogP contribution is 2.30. The van der Waals surface area contributed by atoms with Crippen molar-refractivity contribution in [1.82, 2.24) is 0 Å². The van der Waals surface area contributed by atoms with E-state index in [1.807, 2.05) is 0 Å². The molecule has 2 N–H and O–H groups in total. The molecular weight excluding hydrogens is 182 g/mol. The van der Waals surface area contributed by atoms with Crippen molar-refractivity contribution in [1.29, 1.82) is 0 Å². The summed E-state index contributed by atoms with van der Waals surface area (Å²) in [6.45, 7) is 13.2. The van der Waals surface area contributed by atoms with Gasteiger partial charge in [-0.1, -0.05) is 44.2 Å². The van der Waals surface area contributed by atoms with Crippen LogP contribution in [0.3, 0.4) is 0 Å². The maximum atomic E-state index is 5.66. The molecule has 1 heteroatoms. The lowest BCUT2D eigenvalue weighted by Crippen LogP contribution is -2.25. The van der Waals surface area contributed by atoms with Crippen LogP contribution < -0.4 is 5.73 Å². The van der Waals surface area contributed by atoms with E-state index in [9.17, 15) is 0 Å². The molecule has 0 aromatic heterocycles. The lowest BCUT2D eigenvalue weighted by atomic mass is 9.77. The van der Waals surface area contributed by atoms with Gasteiger partial charge in [-0.25, -0.2) is 0 Å². The maximum Gasteiger partial charge on any atom is 0.0142 e. The normalized spacial score (nSPS) is 11.5. The molecule has 0 heterocycles. The van der Waals surface area contributed by atoms with Gasteiger partial charge in [-0.3, -0.25) is 0 Å². The van der Waals surface area contributed by atoms with Gasteiger partial charge in [0, 0.05) is 12.0 Å². The van der Waals surface area contributed by atoms with Crippen LogP contribution >= 0.6 is 0 Å². The smallest absolute Gasteiger partial charge is 0.0142 e. The third-order valence-corrected chi connectivity index (χ3v) is 3.36. The minimum atomic E-state index is -0.0345. The molecule has 15 heavy (non-hydrogen) atoms. The lowest BCUT2D eigenvalue weighted by molar-refractivity contribution is 0.612. The van der Waals surface area contributed by atoms with E-state index in [4.69, 9.17) is 5.73 Å². The quantitative estimate of drug-likeness (QED) is 0.751. The molecular formula is C14H21N. The van der Waals surface area contributed by atoms with Crippen molar-refractivity contribution in [3.63, 3.8) is 0 Å². The second kappa shape index (κ2) is 4.19. The fourth-order valence-electron chi connectivity index (χ4n) is 1.59. The van der Waals surface area contributed by atoms with Crippen LogP contribution in [0.2, 0.25) is 0 Å². The van der Waals surface area contributed by atoms with Crippen LogP contribution in [0.15, 0.2) is 30.4 Å². The van der Waals surface area contributed by atoms with Gasteiger partial charge in [-0.05, 0) is 30.5 Å². The molecule has 0 amide bonds. The summed E-state index contributed by atoms with van der Waals surface area (Å²) >= 11 is 0. The highest BCUT2D eigenvalue weighted by atomic mass is 14.5. The Morgan fingerprint density at radius 1 is 1.27 bits per heavy atom. The fourth-order valence-corrected chi connectivity index (χ4v) is 1.59. The van der Waals surface area contributed by atoms with Gasteiger partial charge in [0.15, 0.2) is 0 Å². The average Bonchev–Trinajstić information content (AvgIpc) is 2.20. The van der Waals surface area contributed by atoms with E-state index < -0.39 is 0 Å². The molecule has 0 saturated carbocycles. The second-order valence-electron chi connectivity index (χ2n) is 4.73. The van der Waals surface area contributed by atoms with Crippen LogP contribution in [0.5, 0.6) is 0 Å². The molecule has 0 unspecified atom stereocenters. The molecule has 1 rings (SSSR count). The Bertz CT molecular complexity index is 375. The first-order chi connectivity index (χ1) is 6.89. The Morgan fingerprint density at radius 2 is 1.87 bits per heavy atom. The van der Waals surface area contributed by atoms with E-state index in [2.05, 4.69) is 52.5 Å². The average molecular weight is 203 g/mol. The standard InChI is InChI=1S/C14H21N/c1-10-6-7-13(8-11(10)2)14(4,5)12(3)9-15/h6-8H,3,9,15H2,1-2,4-5H3. The van der Waals surface area contributed by atoms with E-state index in [1.54, 1.807) is 0 Å². The molecule has 0 fully saturated rings. The highest BCUT2D eigenvalue weighted by Gasteiger charge is 2.23. The van der Waals surface area contributed by atoms with Gasteiger partial charge in [0.25, 0.3) is 0 Å². The van der Waals surface area contributed by atoms with Crippen molar-refractivity contribution in [3.8, 4) is 0 Å². The van der Waals surface area contributed by atoms with E-state index >= 15 is 0 Å². The van der Waals surface area contributed by atoms with Gasteiger partial charge < -0.3 is 5.73 Å². The molecule has 1 aromatic rings. The molecule has 0 bridgehead atoms. The molecule has 0 saturated heterocycles. The van der Waals surface area contributed by atoms with Gasteiger partial charge >= 0.3 is 0 Å². The molecule has 1 nitrogen and oxygen atoms in total. The number of hydrogen-bond acceptors (Lipinski definition) is 1. The summed E-state index contributed by atoms with van der Waals surface area (Å²) in [6, 6.07) is 6.57. The van der Waals surface area contributed by atoms with Gasteiger partial charge in [0.2, 0.25) is 0 Å². The Balaban J connectivity index is 3.16. The summed E-state index contributed by atoms with van der Waals surface area (Å²) in [4.78, 5) is 0. The maximum absolute atomic E-state index is 5.66. The first-order valence-corrected chi connectivity index (χ1v) is 5.35. The molecule has 1 aromatic carbocycles. The minimum Gasteiger partial charge on any atom is -0.327 e. The van der Waals surface area contributed by atoms with Crippen molar-refractivity contribution in [2.24, 2.45) is 5.73 Å². The Hall–Kier alpha value is -1.08. The van der Waals surface area contributed by atoms with Crippen LogP contribution in [0.4, 0.5) is 0 Å². The number of nitrogens with two attached hydrogens (primary N) is 1. The molecule has 82 valence electrons. The first-order valence-electron chi connectivity index (χ1n) is 5.35. The molecule has 0 atom stereocenters. The van der Waals surface area contributed by atoms with Crippen molar-refractivity contribution in [2.75, 3.05) is 6.54 Å². The molecule has 0 aliphatic rings. The largest absolute Gasteiger partial charge is 0.327 e. The Morgan fingerprint density at radius 3 is 2.33 bits per heavy atom. The number of hydrogen-bond donors (Lipinski definition) is 1. The monoisotopic (exact) mass is 203 g/mol. The molecule has 0 aliphatic heterocycles. The minimum absolute atomic E-state index is 0.0345. The molecule has 0 aliphatic carbocycles. The van der Waals surface area contributed by atoms with Crippen LogP contribution in [-0.4, -0.2) is 6.54 Å². The fraction of sp³-hybridized carbons (Fsp3) is 0.429. The summed E-state index contributed by atoms with van der Waals surface area (Å²) in [5, 5.41) is 0. The van der Waals surface area contributed by atoms with Gasteiger partial charge in [-0.15, -0.1) is 0 Å². The third kappa shape index (κ3) is 2.29. The van der Waals surface area contributed by atoms with E-state index in [1.165, 1.54) is 16.7 Å². The van der Waals surface area contributed by atoms with Gasteiger partial charge in [-0.2, -0.15) is 0 Å². The topological polar surface area (TPSA) is 26.0 Å². The van der Waals surface area contributed by atoms with Gasteiger partial charge in [0.1, 0.15) is 0 Å². The van der Waals surface area contributed by atoms with E-state index in [-0.39, 0.29) is 5.41 Å². The zero-order valence-corrected chi connectivity index (χ0v) is 10.2. The highest BCUT2D eigenvalue weighted by molar-refractivity contribution is 5.39. The van der Waals surface area contributed by atoms with Gasteiger partial charge in [0.05, 0.1) is 0 Å². The zero-order chi connectivity index (χ0) is 11.6. The predicted octanol–water partition coefficient (Wildman–Crippen LogP) is 3.10. The summed E-state index contributed by atoms with van der Waals surface area (Å²) in [5.74, 6) is 0. The summed E-state index contributed by atoms with van der Waals surface area (Å²) in [5.41, 5.74) is 10.6. The van der Waals surface area contributed by atoms with Crippen LogP contribution in [0, 0.1) is 13.8 Å². The summed E-state index contributed by atoms with van der Waals surface area (Å²) in [6.07, 6.45) is 0. The second-order valence-corrected chi connectivity index (χ2v) is 4.73. The predicted molar refractivity (Wildman–Crippen MR) is 67.1 cm³/mol. The van der Waals surface area contributed by atoms with Crippen LogP contribution in [0.1, 0.15) is 30.5 Å². The SMILES string of the molecule is C=C(CN)C(C)(C)c1ccc(C)c(C)c1. The van der Waals surface area contributed by atoms with E-state index in [0.29, 0.717) is 6.54 Å². The summed E-state index contributed by atoms with van der Waals surface area (Å²) in [7, 11) is 0. The number of rotatable bonds is 3. The number of benzene rings is 1. The van der Waals surface area contributed by atoms with Crippen molar-refractivity contribution < 1.29 is 0 Å². The molecule has 0 spiro atoms. The Kier molecular flexibility index (Phi) is 3.35.